The molecule has 1 aromatic rings. The molecule has 1 N–H and O–H groups in total. The van der Waals surface area contributed by atoms with E-state index in [1.165, 1.54) is 5.56 Å². The Hall–Kier alpha value is -1.06. The maximum atomic E-state index is 12.0. The zero-order chi connectivity index (χ0) is 14.4. The summed E-state index contributed by atoms with van der Waals surface area (Å²) in [5, 5.41) is 3.99. The highest BCUT2D eigenvalue weighted by molar-refractivity contribution is 6.30. The van der Waals surface area contributed by atoms with Crippen LogP contribution in [0.5, 0.6) is 0 Å². The molecule has 0 atom stereocenters. The SMILES string of the molecule is CC1CCN(C(=O)CNCCc2cccc(Cl)c2)CC1. The van der Waals surface area contributed by atoms with Crippen LogP contribution in [0, 0.1) is 5.92 Å². The van der Waals surface area contributed by atoms with Gasteiger partial charge in [0, 0.05) is 18.1 Å². The highest BCUT2D eigenvalue weighted by Crippen LogP contribution is 2.15. The van der Waals surface area contributed by atoms with Gasteiger partial charge in [-0.3, -0.25) is 4.79 Å². The third-order valence-electron chi connectivity index (χ3n) is 3.89. The molecule has 1 aliphatic heterocycles. The predicted octanol–water partition coefficient (Wildman–Crippen LogP) is 2.73. The van der Waals surface area contributed by atoms with Gasteiger partial charge < -0.3 is 10.2 Å². The number of hydrogen-bond acceptors (Lipinski definition) is 2. The molecule has 0 aromatic heterocycles. The minimum atomic E-state index is 0.225. The Morgan fingerprint density at radius 1 is 1.40 bits per heavy atom. The van der Waals surface area contributed by atoms with E-state index in [4.69, 9.17) is 11.6 Å². The number of piperidine rings is 1. The van der Waals surface area contributed by atoms with Crippen LogP contribution in [0.3, 0.4) is 0 Å². The second-order valence-electron chi connectivity index (χ2n) is 5.62. The van der Waals surface area contributed by atoms with Gasteiger partial charge in [-0.25, -0.2) is 0 Å². The van der Waals surface area contributed by atoms with E-state index >= 15 is 0 Å². The molecular weight excluding hydrogens is 272 g/mol. The quantitative estimate of drug-likeness (QED) is 0.847. The van der Waals surface area contributed by atoms with Crippen LogP contribution in [0.15, 0.2) is 24.3 Å². The summed E-state index contributed by atoms with van der Waals surface area (Å²) in [7, 11) is 0. The van der Waals surface area contributed by atoms with Gasteiger partial charge in [0.15, 0.2) is 0 Å². The molecule has 0 unspecified atom stereocenters. The van der Waals surface area contributed by atoms with Crippen LogP contribution < -0.4 is 5.32 Å². The second-order valence-corrected chi connectivity index (χ2v) is 6.06. The fourth-order valence-electron chi connectivity index (χ4n) is 2.49. The van der Waals surface area contributed by atoms with Crippen LogP contribution in [0.1, 0.15) is 25.3 Å². The molecule has 1 aromatic carbocycles. The lowest BCUT2D eigenvalue weighted by atomic mass is 9.99. The Morgan fingerprint density at radius 3 is 2.85 bits per heavy atom. The first-order valence-electron chi connectivity index (χ1n) is 7.38. The van der Waals surface area contributed by atoms with Crippen molar-refractivity contribution in [2.45, 2.75) is 26.2 Å². The molecule has 0 radical (unpaired) electrons. The van der Waals surface area contributed by atoms with Gasteiger partial charge in [0.2, 0.25) is 5.91 Å². The van der Waals surface area contributed by atoms with E-state index in [9.17, 15) is 4.79 Å². The first-order chi connectivity index (χ1) is 9.65. The highest BCUT2D eigenvalue weighted by Gasteiger charge is 2.19. The normalized spacial score (nSPS) is 16.4. The van der Waals surface area contributed by atoms with Crippen molar-refractivity contribution in [2.24, 2.45) is 5.92 Å². The maximum Gasteiger partial charge on any atom is 0.236 e. The van der Waals surface area contributed by atoms with Crippen LogP contribution in [0.25, 0.3) is 0 Å². The molecule has 4 heteroatoms. The molecule has 1 heterocycles. The fourth-order valence-corrected chi connectivity index (χ4v) is 2.70. The molecule has 0 saturated carbocycles. The summed E-state index contributed by atoms with van der Waals surface area (Å²) < 4.78 is 0. The van der Waals surface area contributed by atoms with E-state index in [2.05, 4.69) is 18.3 Å². The molecule has 110 valence electrons. The average molecular weight is 295 g/mol. The standard InChI is InChI=1S/C16H23ClN2O/c1-13-6-9-19(10-7-13)16(20)12-18-8-5-14-3-2-4-15(17)11-14/h2-4,11,13,18H,5-10,12H2,1H3. The van der Waals surface area contributed by atoms with E-state index < -0.39 is 0 Å². The Morgan fingerprint density at radius 2 is 2.15 bits per heavy atom. The van der Waals surface area contributed by atoms with Crippen molar-refractivity contribution in [1.82, 2.24) is 10.2 Å². The third kappa shape index (κ3) is 4.80. The number of likely N-dealkylation sites (tertiary alicyclic amines) is 1. The van der Waals surface area contributed by atoms with Gasteiger partial charge in [0.25, 0.3) is 0 Å². The number of carbonyl (C=O) groups excluding carboxylic acids is 1. The van der Waals surface area contributed by atoms with Gasteiger partial charge in [0.1, 0.15) is 0 Å². The van der Waals surface area contributed by atoms with E-state index in [1.54, 1.807) is 0 Å². The van der Waals surface area contributed by atoms with Crippen LogP contribution >= 0.6 is 11.6 Å². The minimum Gasteiger partial charge on any atom is -0.342 e. The fraction of sp³-hybridized carbons (Fsp3) is 0.562. The number of nitrogens with zero attached hydrogens (tertiary/aromatic N) is 1. The predicted molar refractivity (Wildman–Crippen MR) is 83.0 cm³/mol. The van der Waals surface area contributed by atoms with Crippen LogP contribution in [0.2, 0.25) is 5.02 Å². The lowest BCUT2D eigenvalue weighted by Gasteiger charge is -2.30. The summed E-state index contributed by atoms with van der Waals surface area (Å²) in [4.78, 5) is 14.0. The van der Waals surface area contributed by atoms with Gasteiger partial charge in [-0.15, -0.1) is 0 Å². The van der Waals surface area contributed by atoms with Gasteiger partial charge in [-0.1, -0.05) is 30.7 Å². The summed E-state index contributed by atoms with van der Waals surface area (Å²) in [6.07, 6.45) is 3.16. The van der Waals surface area contributed by atoms with Crippen molar-refractivity contribution in [2.75, 3.05) is 26.2 Å². The highest BCUT2D eigenvalue weighted by atomic mass is 35.5. The van der Waals surface area contributed by atoms with E-state index in [-0.39, 0.29) is 5.91 Å². The van der Waals surface area contributed by atoms with Gasteiger partial charge >= 0.3 is 0 Å². The number of rotatable bonds is 5. The summed E-state index contributed by atoms with van der Waals surface area (Å²) in [5.74, 6) is 0.984. The zero-order valence-corrected chi connectivity index (χ0v) is 12.8. The molecule has 0 bridgehead atoms. The molecule has 2 rings (SSSR count). The summed E-state index contributed by atoms with van der Waals surface area (Å²) in [5.41, 5.74) is 1.20. The topological polar surface area (TPSA) is 32.3 Å². The molecule has 3 nitrogen and oxygen atoms in total. The molecule has 0 spiro atoms. The number of hydrogen-bond donors (Lipinski definition) is 1. The lowest BCUT2D eigenvalue weighted by Crippen LogP contribution is -2.42. The summed E-state index contributed by atoms with van der Waals surface area (Å²) in [6, 6.07) is 7.86. The molecule has 20 heavy (non-hydrogen) atoms. The smallest absolute Gasteiger partial charge is 0.236 e. The van der Waals surface area contributed by atoms with Crippen molar-refractivity contribution in [1.29, 1.82) is 0 Å². The Kier molecular flexibility index (Phi) is 5.86. The molecule has 0 aliphatic carbocycles. The Bertz CT molecular complexity index is 442. The molecule has 1 amide bonds. The van der Waals surface area contributed by atoms with Crippen molar-refractivity contribution < 1.29 is 4.79 Å². The maximum absolute atomic E-state index is 12.0. The van der Waals surface area contributed by atoms with Gasteiger partial charge in [-0.05, 0) is 49.4 Å². The molecular formula is C16H23ClN2O. The second kappa shape index (κ2) is 7.65. The Labute approximate surface area is 126 Å². The van der Waals surface area contributed by atoms with Crippen molar-refractivity contribution >= 4 is 17.5 Å². The third-order valence-corrected chi connectivity index (χ3v) is 4.13. The first-order valence-corrected chi connectivity index (χ1v) is 7.76. The van der Waals surface area contributed by atoms with Crippen molar-refractivity contribution in [3.05, 3.63) is 34.9 Å². The van der Waals surface area contributed by atoms with Crippen LogP contribution in [0.4, 0.5) is 0 Å². The monoisotopic (exact) mass is 294 g/mol. The van der Waals surface area contributed by atoms with Gasteiger partial charge in [0.05, 0.1) is 6.54 Å². The van der Waals surface area contributed by atoms with Crippen LogP contribution in [-0.2, 0) is 11.2 Å². The average Bonchev–Trinajstić information content (AvgIpc) is 2.44. The molecule has 1 saturated heterocycles. The molecule has 1 aliphatic rings. The van der Waals surface area contributed by atoms with Crippen molar-refractivity contribution in [3.63, 3.8) is 0 Å². The minimum absolute atomic E-state index is 0.225. The van der Waals surface area contributed by atoms with Gasteiger partial charge in [-0.2, -0.15) is 0 Å². The lowest BCUT2D eigenvalue weighted by molar-refractivity contribution is -0.131. The van der Waals surface area contributed by atoms with E-state index in [1.807, 2.05) is 23.1 Å². The first kappa shape index (κ1) is 15.3. The summed E-state index contributed by atoms with van der Waals surface area (Å²) >= 11 is 5.94. The molecule has 1 fully saturated rings. The number of amides is 1. The van der Waals surface area contributed by atoms with Crippen molar-refractivity contribution in [3.8, 4) is 0 Å². The van der Waals surface area contributed by atoms with E-state index in [0.717, 1.165) is 49.8 Å². The number of benzene rings is 1. The number of carbonyl (C=O) groups is 1. The largest absolute Gasteiger partial charge is 0.342 e. The Balaban J connectivity index is 1.64. The number of nitrogens with one attached hydrogen (secondary N) is 1. The zero-order valence-electron chi connectivity index (χ0n) is 12.1. The summed E-state index contributed by atoms with van der Waals surface area (Å²) in [6.45, 7) is 5.32. The van der Waals surface area contributed by atoms with Crippen LogP contribution in [-0.4, -0.2) is 37.0 Å². The van der Waals surface area contributed by atoms with E-state index in [0.29, 0.717) is 6.54 Å². The number of halogens is 1.